The Bertz CT molecular complexity index is 456. The molecule has 5 nitrogen and oxygen atoms in total. The van der Waals surface area contributed by atoms with Gasteiger partial charge in [0.25, 0.3) is 5.91 Å². The number of quaternary nitrogens is 1. The van der Waals surface area contributed by atoms with Gasteiger partial charge in [-0.3, -0.25) is 4.79 Å². The van der Waals surface area contributed by atoms with Crippen molar-refractivity contribution >= 4 is 5.91 Å². The normalized spacial score (nSPS) is 15.1. The molecular weight excluding hydrogens is 256 g/mol. The number of amides is 1. The molecule has 0 radical (unpaired) electrons. The summed E-state index contributed by atoms with van der Waals surface area (Å²) in [4.78, 5) is 13.2. The number of likely N-dealkylation sites (tertiary alicyclic amines) is 1. The lowest BCUT2D eigenvalue weighted by molar-refractivity contribution is -0.879. The molecule has 0 aliphatic carbocycles. The van der Waals surface area contributed by atoms with Crippen LogP contribution in [0.3, 0.4) is 0 Å². The van der Waals surface area contributed by atoms with Gasteiger partial charge in [-0.05, 0) is 17.7 Å². The molecule has 1 fully saturated rings. The topological polar surface area (TPSA) is 52.0 Å². The number of hydrogen-bond acceptors (Lipinski definition) is 3. The van der Waals surface area contributed by atoms with Crippen LogP contribution in [0.4, 0.5) is 0 Å². The summed E-state index contributed by atoms with van der Waals surface area (Å²) in [6, 6.07) is 5.68. The van der Waals surface area contributed by atoms with Crippen LogP contribution in [0.15, 0.2) is 18.2 Å². The average Bonchev–Trinajstić information content (AvgIpc) is 2.97. The van der Waals surface area contributed by atoms with Gasteiger partial charge in [-0.25, -0.2) is 0 Å². The van der Waals surface area contributed by atoms with Gasteiger partial charge in [-0.15, -0.1) is 0 Å². The van der Waals surface area contributed by atoms with Gasteiger partial charge in [0.2, 0.25) is 0 Å². The van der Waals surface area contributed by atoms with E-state index in [0.29, 0.717) is 24.6 Å². The van der Waals surface area contributed by atoms with Crippen molar-refractivity contribution in [1.82, 2.24) is 5.32 Å². The summed E-state index contributed by atoms with van der Waals surface area (Å²) in [7, 11) is 3.22. The van der Waals surface area contributed by atoms with Crippen LogP contribution in [0, 0.1) is 0 Å². The summed E-state index contributed by atoms with van der Waals surface area (Å²) in [6.07, 6.45) is 2.47. The Morgan fingerprint density at radius 2 is 1.90 bits per heavy atom. The van der Waals surface area contributed by atoms with Crippen molar-refractivity contribution in [2.75, 3.05) is 33.9 Å². The van der Waals surface area contributed by atoms with E-state index in [2.05, 4.69) is 5.32 Å². The Labute approximate surface area is 119 Å². The fourth-order valence-corrected chi connectivity index (χ4v) is 2.53. The molecule has 2 rings (SSSR count). The first-order chi connectivity index (χ1) is 9.72. The van der Waals surface area contributed by atoms with Gasteiger partial charge >= 0.3 is 0 Å². The maximum Gasteiger partial charge on any atom is 0.275 e. The Morgan fingerprint density at radius 1 is 1.20 bits per heavy atom. The first-order valence-corrected chi connectivity index (χ1v) is 7.04. The van der Waals surface area contributed by atoms with Crippen LogP contribution in [-0.2, 0) is 11.3 Å². The number of carbonyl (C=O) groups excluding carboxylic acids is 1. The third-order valence-electron chi connectivity index (χ3n) is 3.66. The lowest BCUT2D eigenvalue weighted by atomic mass is 10.2. The van der Waals surface area contributed by atoms with Gasteiger partial charge in [-0.1, -0.05) is 6.07 Å². The molecule has 20 heavy (non-hydrogen) atoms. The van der Waals surface area contributed by atoms with E-state index in [-0.39, 0.29) is 5.91 Å². The Hall–Kier alpha value is -1.75. The average molecular weight is 279 g/mol. The minimum absolute atomic E-state index is 0.108. The largest absolute Gasteiger partial charge is 0.493 e. The third-order valence-corrected chi connectivity index (χ3v) is 3.66. The monoisotopic (exact) mass is 279 g/mol. The van der Waals surface area contributed by atoms with Crippen LogP contribution in [0.2, 0.25) is 0 Å². The van der Waals surface area contributed by atoms with Crippen molar-refractivity contribution in [1.29, 1.82) is 0 Å². The lowest BCUT2D eigenvalue weighted by Gasteiger charge is -2.13. The van der Waals surface area contributed by atoms with Gasteiger partial charge in [0, 0.05) is 19.4 Å². The van der Waals surface area contributed by atoms with E-state index in [1.807, 2.05) is 18.2 Å². The quantitative estimate of drug-likeness (QED) is 0.770. The van der Waals surface area contributed by atoms with Crippen molar-refractivity contribution in [2.45, 2.75) is 19.4 Å². The van der Waals surface area contributed by atoms with Gasteiger partial charge < -0.3 is 19.7 Å². The van der Waals surface area contributed by atoms with Crippen LogP contribution in [0.5, 0.6) is 11.5 Å². The minimum Gasteiger partial charge on any atom is -0.493 e. The zero-order chi connectivity index (χ0) is 14.4. The highest BCUT2D eigenvalue weighted by Crippen LogP contribution is 2.27. The molecule has 0 spiro atoms. The molecule has 1 heterocycles. The number of benzene rings is 1. The number of nitrogens with one attached hydrogen (secondary N) is 2. The minimum atomic E-state index is 0.108. The van der Waals surface area contributed by atoms with Gasteiger partial charge in [0.15, 0.2) is 18.0 Å². The molecule has 1 aromatic carbocycles. The second-order valence-corrected chi connectivity index (χ2v) is 5.10. The van der Waals surface area contributed by atoms with Crippen molar-refractivity contribution in [3.63, 3.8) is 0 Å². The summed E-state index contributed by atoms with van der Waals surface area (Å²) < 4.78 is 10.4. The van der Waals surface area contributed by atoms with Gasteiger partial charge in [0.1, 0.15) is 0 Å². The number of rotatable bonds is 6. The van der Waals surface area contributed by atoms with Gasteiger partial charge in [-0.2, -0.15) is 0 Å². The maximum atomic E-state index is 11.9. The van der Waals surface area contributed by atoms with Crippen LogP contribution in [0.25, 0.3) is 0 Å². The molecule has 0 aromatic heterocycles. The Morgan fingerprint density at radius 3 is 2.55 bits per heavy atom. The molecule has 1 aliphatic rings. The highest BCUT2D eigenvalue weighted by Gasteiger charge is 2.18. The van der Waals surface area contributed by atoms with Crippen molar-refractivity contribution in [2.24, 2.45) is 0 Å². The number of ether oxygens (including phenoxy) is 2. The van der Waals surface area contributed by atoms with Crippen LogP contribution in [0.1, 0.15) is 18.4 Å². The summed E-state index contributed by atoms with van der Waals surface area (Å²) in [5.74, 6) is 1.49. The molecule has 5 heteroatoms. The van der Waals surface area contributed by atoms with E-state index in [1.165, 1.54) is 17.7 Å². The molecule has 1 aromatic rings. The van der Waals surface area contributed by atoms with Crippen LogP contribution >= 0.6 is 0 Å². The highest BCUT2D eigenvalue weighted by atomic mass is 16.5. The molecule has 0 saturated carbocycles. The standard InChI is InChI=1S/C15H22N2O3/c1-19-13-6-5-12(9-14(13)20-2)10-16-15(18)11-17-7-3-4-8-17/h5-6,9H,3-4,7-8,10-11H2,1-2H3,(H,16,18)/p+1. The number of hydrogen-bond donors (Lipinski definition) is 2. The Balaban J connectivity index is 1.85. The van der Waals surface area contributed by atoms with E-state index < -0.39 is 0 Å². The molecule has 1 aliphatic heterocycles. The fourth-order valence-electron chi connectivity index (χ4n) is 2.53. The molecular formula is C15H23N2O3+. The van der Waals surface area contributed by atoms with Crippen molar-refractivity contribution < 1.29 is 19.2 Å². The molecule has 0 atom stereocenters. The van der Waals surface area contributed by atoms with E-state index in [1.54, 1.807) is 14.2 Å². The predicted molar refractivity (Wildman–Crippen MR) is 76.2 cm³/mol. The zero-order valence-electron chi connectivity index (χ0n) is 12.2. The maximum absolute atomic E-state index is 11.9. The van der Waals surface area contributed by atoms with Gasteiger partial charge in [0.05, 0.1) is 27.3 Å². The number of methoxy groups -OCH3 is 2. The molecule has 0 bridgehead atoms. The van der Waals surface area contributed by atoms with Crippen molar-refractivity contribution in [3.05, 3.63) is 23.8 Å². The summed E-state index contributed by atoms with van der Waals surface area (Å²) >= 11 is 0. The number of carbonyl (C=O) groups is 1. The summed E-state index contributed by atoms with van der Waals surface area (Å²) in [5, 5.41) is 2.96. The third kappa shape index (κ3) is 3.87. The van der Waals surface area contributed by atoms with Crippen LogP contribution < -0.4 is 19.7 Å². The second kappa shape index (κ2) is 7.14. The first-order valence-electron chi connectivity index (χ1n) is 7.04. The SMILES string of the molecule is COc1ccc(CNC(=O)C[NH+]2CCCC2)cc1OC. The smallest absolute Gasteiger partial charge is 0.275 e. The fraction of sp³-hybridized carbons (Fsp3) is 0.533. The highest BCUT2D eigenvalue weighted by molar-refractivity contribution is 5.76. The molecule has 0 unspecified atom stereocenters. The van der Waals surface area contributed by atoms with Crippen LogP contribution in [-0.4, -0.2) is 39.8 Å². The van der Waals surface area contributed by atoms with E-state index >= 15 is 0 Å². The molecule has 1 saturated heterocycles. The van der Waals surface area contributed by atoms with E-state index in [4.69, 9.17) is 9.47 Å². The van der Waals surface area contributed by atoms with E-state index in [0.717, 1.165) is 18.7 Å². The van der Waals surface area contributed by atoms with Crippen molar-refractivity contribution in [3.8, 4) is 11.5 Å². The second-order valence-electron chi connectivity index (χ2n) is 5.10. The lowest BCUT2D eigenvalue weighted by Crippen LogP contribution is -3.11. The molecule has 2 N–H and O–H groups in total. The van der Waals surface area contributed by atoms with E-state index in [9.17, 15) is 4.79 Å². The summed E-state index contributed by atoms with van der Waals surface area (Å²) in [5.41, 5.74) is 1.01. The molecule has 110 valence electrons. The summed E-state index contributed by atoms with van der Waals surface area (Å²) in [6.45, 7) is 3.33. The zero-order valence-corrected chi connectivity index (χ0v) is 12.2. The first kappa shape index (κ1) is 14.7. The molecule has 1 amide bonds. The Kier molecular flexibility index (Phi) is 5.24. The predicted octanol–water partition coefficient (Wildman–Crippen LogP) is -0.00130.